The quantitative estimate of drug-likeness (QED) is 0.579. The van der Waals surface area contributed by atoms with Gasteiger partial charge < -0.3 is 5.32 Å². The molecule has 7 heteroatoms. The van der Waals surface area contributed by atoms with Crippen LogP contribution in [0, 0.1) is 0 Å². The molecule has 0 bridgehead atoms. The van der Waals surface area contributed by atoms with E-state index in [-0.39, 0.29) is 18.0 Å². The number of nitrogens with one attached hydrogen (secondary N) is 1. The number of amides is 1. The van der Waals surface area contributed by atoms with Gasteiger partial charge in [-0.25, -0.2) is 9.97 Å². The van der Waals surface area contributed by atoms with Crippen molar-refractivity contribution in [2.24, 2.45) is 0 Å². The van der Waals surface area contributed by atoms with Crippen LogP contribution in [-0.2, 0) is 24.3 Å². The van der Waals surface area contributed by atoms with Crippen molar-refractivity contribution in [1.82, 2.24) is 19.9 Å². The van der Waals surface area contributed by atoms with Crippen molar-refractivity contribution in [1.29, 1.82) is 0 Å². The lowest BCUT2D eigenvalue weighted by Crippen LogP contribution is -2.34. The highest BCUT2D eigenvalue weighted by atomic mass is 32.1. The molecule has 0 aliphatic carbocycles. The lowest BCUT2D eigenvalue weighted by atomic mass is 10.2. The Bertz CT molecular complexity index is 1180. The Morgan fingerprint density at radius 2 is 2.00 bits per heavy atom. The predicted molar refractivity (Wildman–Crippen MR) is 107 cm³/mol. The van der Waals surface area contributed by atoms with Gasteiger partial charge in [-0.3, -0.25) is 14.2 Å². The number of nitrogens with zero attached hydrogens (tertiary/aromatic N) is 3. The average Bonchev–Trinajstić information content (AvgIpc) is 3.08. The van der Waals surface area contributed by atoms with Crippen molar-refractivity contribution in [2.75, 3.05) is 0 Å². The molecular formula is C20H18N4O2S. The molecule has 27 heavy (non-hydrogen) atoms. The number of thiophene rings is 1. The highest BCUT2D eigenvalue weighted by Crippen LogP contribution is 2.28. The summed E-state index contributed by atoms with van der Waals surface area (Å²) in [6, 6.07) is 13.4. The standard InChI is InChI=1S/C20H18N4O2S/c1-2-15-23-17-14-9-6-10-21-19(14)27-18(17)20(26)24(15)12-16(25)22-11-13-7-4-3-5-8-13/h3-10H,2,11-12H2,1H3,(H,22,25). The van der Waals surface area contributed by atoms with Crippen molar-refractivity contribution < 1.29 is 4.79 Å². The van der Waals surface area contributed by atoms with Crippen LogP contribution in [0.2, 0.25) is 0 Å². The molecule has 3 aromatic heterocycles. The summed E-state index contributed by atoms with van der Waals surface area (Å²) >= 11 is 1.32. The van der Waals surface area contributed by atoms with Crippen molar-refractivity contribution in [3.63, 3.8) is 0 Å². The van der Waals surface area contributed by atoms with Gasteiger partial charge in [0, 0.05) is 24.5 Å². The van der Waals surface area contributed by atoms with E-state index in [9.17, 15) is 9.59 Å². The summed E-state index contributed by atoms with van der Waals surface area (Å²) in [5, 5.41) is 3.74. The van der Waals surface area contributed by atoms with Crippen molar-refractivity contribution in [2.45, 2.75) is 26.4 Å². The zero-order valence-electron chi connectivity index (χ0n) is 14.8. The molecule has 0 atom stereocenters. The summed E-state index contributed by atoms with van der Waals surface area (Å²) in [5.41, 5.74) is 1.50. The number of hydrogen-bond donors (Lipinski definition) is 1. The third-order valence-corrected chi connectivity index (χ3v) is 5.47. The van der Waals surface area contributed by atoms with Crippen LogP contribution in [0.5, 0.6) is 0 Å². The summed E-state index contributed by atoms with van der Waals surface area (Å²) in [4.78, 5) is 35.2. The molecule has 0 saturated heterocycles. The Morgan fingerprint density at radius 1 is 1.19 bits per heavy atom. The van der Waals surface area contributed by atoms with Gasteiger partial charge in [0.05, 0.1) is 5.52 Å². The lowest BCUT2D eigenvalue weighted by molar-refractivity contribution is -0.121. The topological polar surface area (TPSA) is 76.9 Å². The number of rotatable bonds is 5. The van der Waals surface area contributed by atoms with E-state index in [1.807, 2.05) is 49.4 Å². The molecule has 0 fully saturated rings. The van der Waals surface area contributed by atoms with Gasteiger partial charge in [0.2, 0.25) is 5.91 Å². The van der Waals surface area contributed by atoms with E-state index in [0.717, 1.165) is 15.8 Å². The van der Waals surface area contributed by atoms with Crippen molar-refractivity contribution in [3.05, 3.63) is 70.4 Å². The fraction of sp³-hybridized carbons (Fsp3) is 0.200. The maximum absolute atomic E-state index is 13.0. The molecule has 6 nitrogen and oxygen atoms in total. The molecule has 1 N–H and O–H groups in total. The van der Waals surface area contributed by atoms with E-state index in [1.165, 1.54) is 15.9 Å². The second-order valence-electron chi connectivity index (χ2n) is 6.17. The highest BCUT2D eigenvalue weighted by molar-refractivity contribution is 7.25. The second kappa shape index (κ2) is 7.28. The molecule has 136 valence electrons. The Hall–Kier alpha value is -3.06. The van der Waals surface area contributed by atoms with Crippen LogP contribution in [-0.4, -0.2) is 20.4 Å². The number of hydrogen-bond acceptors (Lipinski definition) is 5. The summed E-state index contributed by atoms with van der Waals surface area (Å²) < 4.78 is 2.01. The molecule has 0 spiro atoms. The van der Waals surface area contributed by atoms with Gasteiger partial charge in [0.1, 0.15) is 21.9 Å². The summed E-state index contributed by atoms with van der Waals surface area (Å²) in [6.07, 6.45) is 2.27. The van der Waals surface area contributed by atoms with E-state index >= 15 is 0 Å². The van der Waals surface area contributed by atoms with Gasteiger partial charge in [-0.2, -0.15) is 0 Å². The molecule has 3 heterocycles. The Labute approximate surface area is 159 Å². The molecule has 4 rings (SSSR count). The van der Waals surface area contributed by atoms with E-state index in [2.05, 4.69) is 15.3 Å². The van der Waals surface area contributed by atoms with Crippen LogP contribution >= 0.6 is 11.3 Å². The minimum Gasteiger partial charge on any atom is -0.350 e. The van der Waals surface area contributed by atoms with Gasteiger partial charge >= 0.3 is 0 Å². The minimum atomic E-state index is -0.212. The van der Waals surface area contributed by atoms with Crippen LogP contribution in [0.15, 0.2) is 53.5 Å². The van der Waals surface area contributed by atoms with E-state index in [4.69, 9.17) is 0 Å². The number of aryl methyl sites for hydroxylation is 1. The van der Waals surface area contributed by atoms with Gasteiger partial charge in [0.25, 0.3) is 5.56 Å². The Kier molecular flexibility index (Phi) is 4.68. The van der Waals surface area contributed by atoms with Crippen molar-refractivity contribution >= 4 is 37.7 Å². The third-order valence-electron chi connectivity index (χ3n) is 4.38. The maximum atomic E-state index is 13.0. The van der Waals surface area contributed by atoms with E-state index in [1.54, 1.807) is 6.20 Å². The fourth-order valence-corrected chi connectivity index (χ4v) is 4.07. The Balaban J connectivity index is 1.66. The monoisotopic (exact) mass is 378 g/mol. The first-order valence-electron chi connectivity index (χ1n) is 8.75. The number of aromatic nitrogens is 3. The third kappa shape index (κ3) is 3.33. The SMILES string of the molecule is CCc1nc2c(sc3ncccc32)c(=O)n1CC(=O)NCc1ccccc1. The highest BCUT2D eigenvalue weighted by Gasteiger charge is 2.17. The number of benzene rings is 1. The van der Waals surface area contributed by atoms with Crippen LogP contribution in [0.25, 0.3) is 20.4 Å². The molecule has 0 saturated carbocycles. The largest absolute Gasteiger partial charge is 0.350 e. The molecular weight excluding hydrogens is 360 g/mol. The maximum Gasteiger partial charge on any atom is 0.272 e. The summed E-state index contributed by atoms with van der Waals surface area (Å²) in [6.45, 7) is 2.32. The van der Waals surface area contributed by atoms with Crippen LogP contribution in [0.3, 0.4) is 0 Å². The van der Waals surface area contributed by atoms with Crippen LogP contribution in [0.1, 0.15) is 18.3 Å². The van der Waals surface area contributed by atoms with Gasteiger partial charge in [-0.15, -0.1) is 11.3 Å². The number of pyridine rings is 1. The smallest absolute Gasteiger partial charge is 0.272 e. The first kappa shape index (κ1) is 17.4. The number of carbonyl (C=O) groups excluding carboxylic acids is 1. The minimum absolute atomic E-state index is 0.0422. The first-order chi connectivity index (χ1) is 13.2. The second-order valence-corrected chi connectivity index (χ2v) is 7.17. The van der Waals surface area contributed by atoms with Crippen molar-refractivity contribution in [3.8, 4) is 0 Å². The normalized spacial score (nSPS) is 11.1. The summed E-state index contributed by atoms with van der Waals surface area (Å²) in [7, 11) is 0. The summed E-state index contributed by atoms with van der Waals surface area (Å²) in [5.74, 6) is 0.391. The zero-order chi connectivity index (χ0) is 18.8. The average molecular weight is 378 g/mol. The molecule has 0 unspecified atom stereocenters. The number of fused-ring (bicyclic) bond motifs is 3. The van der Waals surface area contributed by atoms with E-state index < -0.39 is 0 Å². The zero-order valence-corrected chi connectivity index (χ0v) is 15.6. The van der Waals surface area contributed by atoms with E-state index in [0.29, 0.717) is 29.0 Å². The number of carbonyl (C=O) groups is 1. The van der Waals surface area contributed by atoms with Gasteiger partial charge in [-0.05, 0) is 17.7 Å². The molecule has 4 aromatic rings. The van der Waals surface area contributed by atoms with Crippen LogP contribution < -0.4 is 10.9 Å². The fourth-order valence-electron chi connectivity index (χ4n) is 3.03. The Morgan fingerprint density at radius 3 is 2.78 bits per heavy atom. The molecule has 0 aliphatic rings. The van der Waals surface area contributed by atoms with Gasteiger partial charge in [0.15, 0.2) is 0 Å². The molecule has 1 amide bonds. The van der Waals surface area contributed by atoms with Crippen LogP contribution in [0.4, 0.5) is 0 Å². The predicted octanol–water partition coefficient (Wildman–Crippen LogP) is 2.89. The van der Waals surface area contributed by atoms with Gasteiger partial charge in [-0.1, -0.05) is 37.3 Å². The lowest BCUT2D eigenvalue weighted by Gasteiger charge is -2.11. The molecule has 0 aliphatic heterocycles. The molecule has 0 radical (unpaired) electrons. The molecule has 1 aromatic carbocycles. The first-order valence-corrected chi connectivity index (χ1v) is 9.56.